The zero-order chi connectivity index (χ0) is 31.2. The van der Waals surface area contributed by atoms with Crippen molar-refractivity contribution in [2.45, 2.75) is 71.6 Å². The largest absolute Gasteiger partial charge is 0.456 e. The minimum absolute atomic E-state index is 0.116. The molecule has 2 amide bonds. The number of nitrogens with zero attached hydrogens (tertiary/aromatic N) is 1. The minimum Gasteiger partial charge on any atom is -0.456 e. The molecule has 2 heterocycles. The van der Waals surface area contributed by atoms with Crippen molar-refractivity contribution in [1.29, 1.82) is 0 Å². The third kappa shape index (κ3) is 5.64. The number of carbonyl (C=O) groups excluding carboxylic acids is 2. The number of fused-ring (bicyclic) bond motifs is 2. The molecule has 6 nitrogen and oxygen atoms in total. The van der Waals surface area contributed by atoms with Gasteiger partial charge in [0.2, 0.25) is 0 Å². The van der Waals surface area contributed by atoms with E-state index in [9.17, 15) is 9.59 Å². The van der Waals surface area contributed by atoms with Gasteiger partial charge in [0.1, 0.15) is 5.76 Å². The van der Waals surface area contributed by atoms with Crippen molar-refractivity contribution in [3.63, 3.8) is 0 Å². The summed E-state index contributed by atoms with van der Waals surface area (Å²) in [6.45, 7) is 13.4. The fourth-order valence-electron chi connectivity index (χ4n) is 6.31. The van der Waals surface area contributed by atoms with Crippen LogP contribution >= 0.6 is 0 Å². The highest BCUT2D eigenvalue weighted by Crippen LogP contribution is 2.46. The second-order valence-electron chi connectivity index (χ2n) is 13.3. The van der Waals surface area contributed by atoms with Crippen LogP contribution in [-0.4, -0.2) is 16.8 Å². The summed E-state index contributed by atoms with van der Waals surface area (Å²) in [5.74, 6) is 0.178. The predicted molar refractivity (Wildman–Crippen MR) is 177 cm³/mol. The van der Waals surface area contributed by atoms with Crippen LogP contribution in [0.5, 0.6) is 0 Å². The van der Waals surface area contributed by atoms with Crippen LogP contribution in [0.4, 0.5) is 11.4 Å². The molecular formula is C38H39N3O3. The van der Waals surface area contributed by atoms with Crippen molar-refractivity contribution in [3.05, 3.63) is 124 Å². The van der Waals surface area contributed by atoms with E-state index >= 15 is 0 Å². The van der Waals surface area contributed by atoms with Crippen molar-refractivity contribution in [1.82, 2.24) is 4.98 Å². The highest BCUT2D eigenvalue weighted by Gasteiger charge is 2.37. The molecule has 0 fully saturated rings. The summed E-state index contributed by atoms with van der Waals surface area (Å²) in [5, 5.41) is 6.74. The average molecular weight is 586 g/mol. The van der Waals surface area contributed by atoms with Crippen LogP contribution in [0.25, 0.3) is 10.9 Å². The van der Waals surface area contributed by atoms with Crippen molar-refractivity contribution >= 4 is 34.1 Å². The van der Waals surface area contributed by atoms with E-state index in [0.29, 0.717) is 23.4 Å². The number of benzene rings is 3. The monoisotopic (exact) mass is 585 g/mol. The molecule has 0 spiro atoms. The zero-order valence-electron chi connectivity index (χ0n) is 26.3. The quantitative estimate of drug-likeness (QED) is 0.208. The third-order valence-electron chi connectivity index (χ3n) is 9.07. The highest BCUT2D eigenvalue weighted by atomic mass is 16.3. The van der Waals surface area contributed by atoms with Crippen molar-refractivity contribution in [3.8, 4) is 0 Å². The Morgan fingerprint density at radius 1 is 0.773 bits per heavy atom. The van der Waals surface area contributed by atoms with Crippen molar-refractivity contribution in [2.75, 3.05) is 10.6 Å². The van der Waals surface area contributed by atoms with Crippen LogP contribution < -0.4 is 10.6 Å². The van der Waals surface area contributed by atoms with Gasteiger partial charge < -0.3 is 15.1 Å². The van der Waals surface area contributed by atoms with Crippen molar-refractivity contribution in [2.24, 2.45) is 0 Å². The lowest BCUT2D eigenvalue weighted by atomic mass is 9.62. The highest BCUT2D eigenvalue weighted by molar-refractivity contribution is 6.14. The molecule has 0 radical (unpaired) electrons. The predicted octanol–water partition coefficient (Wildman–Crippen LogP) is 8.89. The van der Waals surface area contributed by atoms with E-state index in [0.717, 1.165) is 28.8 Å². The van der Waals surface area contributed by atoms with Crippen LogP contribution in [0.2, 0.25) is 0 Å². The normalized spacial score (nSPS) is 15.0. The first kappa shape index (κ1) is 29.4. The lowest BCUT2D eigenvalue weighted by Crippen LogP contribution is -2.34. The summed E-state index contributed by atoms with van der Waals surface area (Å²) >= 11 is 0. The fraction of sp³-hybridized carbons (Fsp3) is 0.289. The molecular weight excluding hydrogens is 546 g/mol. The Labute approximate surface area is 258 Å². The molecule has 0 saturated heterocycles. The molecule has 2 aromatic heterocycles. The Morgan fingerprint density at radius 2 is 1.43 bits per heavy atom. The van der Waals surface area contributed by atoms with Gasteiger partial charge in [0.25, 0.3) is 11.8 Å². The topological polar surface area (TPSA) is 84.2 Å². The third-order valence-corrected chi connectivity index (χ3v) is 9.07. The SMILES string of the molecule is Cc1cc(NC(=O)c2ccccc2NC(=O)c2ccc(Cc3cc4c(cc3C)C(C)(C)CCC4(C)C)o2)c2ccccc2n1. The summed E-state index contributed by atoms with van der Waals surface area (Å²) in [6.07, 6.45) is 2.92. The van der Waals surface area contributed by atoms with Gasteiger partial charge in [-0.05, 0) is 96.2 Å². The molecule has 0 atom stereocenters. The fourth-order valence-corrected chi connectivity index (χ4v) is 6.31. The van der Waals surface area contributed by atoms with Crippen LogP contribution in [0.3, 0.4) is 0 Å². The zero-order valence-corrected chi connectivity index (χ0v) is 26.3. The molecule has 1 aliphatic rings. The number of carbonyl (C=O) groups is 2. The molecule has 3 aromatic carbocycles. The van der Waals surface area contributed by atoms with E-state index in [1.54, 1.807) is 30.3 Å². The second kappa shape index (κ2) is 11.1. The molecule has 0 unspecified atom stereocenters. The maximum absolute atomic E-state index is 13.4. The molecule has 224 valence electrons. The molecule has 1 aliphatic carbocycles. The van der Waals surface area contributed by atoms with Gasteiger partial charge in [-0.25, -0.2) is 0 Å². The van der Waals surface area contributed by atoms with E-state index < -0.39 is 5.91 Å². The number of aryl methyl sites for hydroxylation is 2. The molecule has 6 rings (SSSR count). The van der Waals surface area contributed by atoms with Gasteiger partial charge in [0, 0.05) is 17.5 Å². The van der Waals surface area contributed by atoms with Crippen LogP contribution in [0.15, 0.2) is 83.3 Å². The van der Waals surface area contributed by atoms with Gasteiger partial charge >= 0.3 is 0 Å². The van der Waals surface area contributed by atoms with Gasteiger partial charge in [-0.15, -0.1) is 0 Å². The van der Waals surface area contributed by atoms with Crippen LogP contribution in [0, 0.1) is 13.8 Å². The first-order chi connectivity index (χ1) is 20.9. The van der Waals surface area contributed by atoms with E-state index in [-0.39, 0.29) is 22.5 Å². The van der Waals surface area contributed by atoms with E-state index in [1.807, 2.05) is 43.3 Å². The molecule has 0 saturated carbocycles. The Bertz CT molecular complexity index is 1910. The molecule has 6 heteroatoms. The second-order valence-corrected chi connectivity index (χ2v) is 13.3. The number of rotatable bonds is 6. The molecule has 2 N–H and O–H groups in total. The number of amides is 2. The first-order valence-corrected chi connectivity index (χ1v) is 15.2. The van der Waals surface area contributed by atoms with E-state index in [4.69, 9.17) is 4.42 Å². The summed E-state index contributed by atoms with van der Waals surface area (Å²) in [4.78, 5) is 31.3. The Hall–Kier alpha value is -4.71. The number of pyridine rings is 1. The van der Waals surface area contributed by atoms with Gasteiger partial charge in [-0.1, -0.05) is 70.2 Å². The van der Waals surface area contributed by atoms with Crippen molar-refractivity contribution < 1.29 is 14.0 Å². The summed E-state index contributed by atoms with van der Waals surface area (Å²) < 4.78 is 6.05. The summed E-state index contributed by atoms with van der Waals surface area (Å²) in [7, 11) is 0. The summed E-state index contributed by atoms with van der Waals surface area (Å²) in [5.41, 5.74) is 8.56. The molecule has 44 heavy (non-hydrogen) atoms. The van der Waals surface area contributed by atoms with Gasteiger partial charge in [-0.3, -0.25) is 14.6 Å². The Balaban J connectivity index is 1.20. The number of nitrogens with one attached hydrogen (secondary N) is 2. The molecule has 5 aromatic rings. The maximum atomic E-state index is 13.4. The first-order valence-electron chi connectivity index (χ1n) is 15.2. The van der Waals surface area contributed by atoms with Gasteiger partial charge in [0.15, 0.2) is 5.76 Å². The Morgan fingerprint density at radius 3 is 2.20 bits per heavy atom. The number of hydrogen-bond donors (Lipinski definition) is 2. The summed E-state index contributed by atoms with van der Waals surface area (Å²) in [6, 6.07) is 24.7. The molecule has 0 bridgehead atoms. The number of para-hydroxylation sites is 2. The lowest BCUT2D eigenvalue weighted by Gasteiger charge is -2.42. The number of hydrogen-bond acceptors (Lipinski definition) is 4. The van der Waals surface area contributed by atoms with Gasteiger partial charge in [0.05, 0.1) is 22.5 Å². The smallest absolute Gasteiger partial charge is 0.291 e. The van der Waals surface area contributed by atoms with Crippen LogP contribution in [-0.2, 0) is 17.3 Å². The molecule has 0 aliphatic heterocycles. The van der Waals surface area contributed by atoms with E-state index in [2.05, 4.69) is 62.4 Å². The average Bonchev–Trinajstić information content (AvgIpc) is 3.45. The standard InChI is InChI=1S/C38H39N3O3/c1-23-19-29-30(38(5,6)18-17-37(29,3)4)22-25(23)21-26-15-16-34(44-26)36(43)40-32-14-10-8-12-28(32)35(42)41-33-20-24(2)39-31-13-9-7-11-27(31)33/h7-16,19-20,22H,17-18,21H2,1-6H3,(H,40,43)(H,39,41,42). The van der Waals surface area contributed by atoms with E-state index in [1.165, 1.54) is 28.7 Å². The number of aromatic nitrogens is 1. The van der Waals surface area contributed by atoms with Gasteiger partial charge in [-0.2, -0.15) is 0 Å². The maximum Gasteiger partial charge on any atom is 0.291 e. The van der Waals surface area contributed by atoms with Crippen LogP contribution in [0.1, 0.15) is 95.2 Å². The minimum atomic E-state index is -0.410. The Kier molecular flexibility index (Phi) is 7.40. The number of furan rings is 1. The lowest BCUT2D eigenvalue weighted by molar-refractivity contribution is 0.0995. The number of anilines is 2.